The summed E-state index contributed by atoms with van der Waals surface area (Å²) in [4.78, 5) is 13.3. The number of rotatable bonds is 3. The number of nitrogens with two attached hydrogens (primary N) is 1. The molecule has 22 heavy (non-hydrogen) atoms. The van der Waals surface area contributed by atoms with E-state index < -0.39 is 17.6 Å². The molecule has 3 N–H and O–H groups in total. The van der Waals surface area contributed by atoms with Gasteiger partial charge in [-0.15, -0.1) is 11.3 Å². The molecule has 1 amide bonds. The molecule has 0 saturated heterocycles. The zero-order chi connectivity index (χ0) is 16.5. The molecule has 1 heterocycles. The molecule has 0 atom stereocenters. The zero-order valence-corrected chi connectivity index (χ0v) is 12.9. The first kappa shape index (κ1) is 16.4. The zero-order valence-electron chi connectivity index (χ0n) is 12.0. The topological polar surface area (TPSA) is 55.1 Å². The van der Waals surface area contributed by atoms with Crippen molar-refractivity contribution in [2.75, 3.05) is 11.1 Å². The first-order chi connectivity index (χ1) is 10.2. The van der Waals surface area contributed by atoms with Gasteiger partial charge in [0.15, 0.2) is 0 Å². The van der Waals surface area contributed by atoms with Gasteiger partial charge in [-0.2, -0.15) is 13.2 Å². The normalized spacial score (nSPS) is 11.5. The lowest BCUT2D eigenvalue weighted by atomic mass is 10.1. The van der Waals surface area contributed by atoms with E-state index in [0.29, 0.717) is 17.0 Å². The number of alkyl halides is 3. The molecular weight excluding hydrogens is 313 g/mol. The molecule has 0 aliphatic rings. The van der Waals surface area contributed by atoms with Crippen LogP contribution in [-0.4, -0.2) is 5.91 Å². The van der Waals surface area contributed by atoms with Crippen LogP contribution in [-0.2, 0) is 12.6 Å². The summed E-state index contributed by atoms with van der Waals surface area (Å²) in [6.45, 7) is 3.76. The van der Waals surface area contributed by atoms with Crippen molar-refractivity contribution in [2.24, 2.45) is 0 Å². The number of aryl methyl sites for hydroxylation is 1. The first-order valence-corrected chi connectivity index (χ1v) is 7.42. The Hall–Kier alpha value is -2.02. The van der Waals surface area contributed by atoms with Gasteiger partial charge < -0.3 is 11.1 Å². The van der Waals surface area contributed by atoms with E-state index in [1.165, 1.54) is 23.5 Å². The predicted octanol–water partition coefficient (Wildman–Crippen LogP) is 4.47. The lowest BCUT2D eigenvalue weighted by molar-refractivity contribution is -0.137. The summed E-state index contributed by atoms with van der Waals surface area (Å²) in [6.07, 6.45) is -3.82. The molecule has 0 saturated carbocycles. The van der Waals surface area contributed by atoms with Gasteiger partial charge in [-0.25, -0.2) is 0 Å². The predicted molar refractivity (Wildman–Crippen MR) is 82.2 cm³/mol. The van der Waals surface area contributed by atoms with Crippen LogP contribution in [0.2, 0.25) is 0 Å². The van der Waals surface area contributed by atoms with Crippen LogP contribution in [0, 0.1) is 6.92 Å². The summed E-state index contributed by atoms with van der Waals surface area (Å²) in [5.74, 6) is -0.488. The summed E-state index contributed by atoms with van der Waals surface area (Å²) in [7, 11) is 0. The highest BCUT2D eigenvalue weighted by Crippen LogP contribution is 2.33. The van der Waals surface area contributed by atoms with E-state index in [1.54, 1.807) is 0 Å². The molecule has 1 aromatic heterocycles. The van der Waals surface area contributed by atoms with E-state index >= 15 is 0 Å². The third-order valence-electron chi connectivity index (χ3n) is 3.26. The van der Waals surface area contributed by atoms with Gasteiger partial charge in [0.25, 0.3) is 5.91 Å². The Kier molecular flexibility index (Phi) is 4.46. The maximum Gasteiger partial charge on any atom is 0.416 e. The molecule has 0 aliphatic carbocycles. The van der Waals surface area contributed by atoms with Crippen LogP contribution in [0.1, 0.15) is 33.3 Å². The quantitative estimate of drug-likeness (QED) is 0.873. The molecule has 2 aromatic rings. The molecule has 0 aliphatic heterocycles. The van der Waals surface area contributed by atoms with Gasteiger partial charge in [0, 0.05) is 10.6 Å². The van der Waals surface area contributed by atoms with Crippen molar-refractivity contribution in [2.45, 2.75) is 26.4 Å². The molecule has 3 nitrogen and oxygen atoms in total. The second kappa shape index (κ2) is 6.00. The van der Waals surface area contributed by atoms with Crippen molar-refractivity contribution in [1.82, 2.24) is 0 Å². The molecule has 0 fully saturated rings. The number of anilines is 2. The third-order valence-corrected chi connectivity index (χ3v) is 4.24. The molecule has 0 bridgehead atoms. The SMILES string of the molecule is CCc1c(C)sc(N)c1C(=O)Nc1cccc(C(F)(F)F)c1. The van der Waals surface area contributed by atoms with Crippen molar-refractivity contribution in [3.05, 3.63) is 45.8 Å². The number of hydrogen-bond acceptors (Lipinski definition) is 3. The van der Waals surface area contributed by atoms with Gasteiger partial charge in [0.1, 0.15) is 0 Å². The average Bonchev–Trinajstić information content (AvgIpc) is 2.72. The van der Waals surface area contributed by atoms with E-state index in [0.717, 1.165) is 22.6 Å². The minimum absolute atomic E-state index is 0.0881. The number of nitrogens with one attached hydrogen (secondary N) is 1. The van der Waals surface area contributed by atoms with Crippen molar-refractivity contribution in [3.63, 3.8) is 0 Å². The number of nitrogen functional groups attached to an aromatic ring is 1. The van der Waals surface area contributed by atoms with Crippen LogP contribution >= 0.6 is 11.3 Å². The average molecular weight is 328 g/mol. The highest BCUT2D eigenvalue weighted by atomic mass is 32.1. The van der Waals surface area contributed by atoms with Crippen molar-refractivity contribution < 1.29 is 18.0 Å². The number of carbonyl (C=O) groups is 1. The maximum atomic E-state index is 12.7. The van der Waals surface area contributed by atoms with E-state index in [9.17, 15) is 18.0 Å². The Morgan fingerprint density at radius 1 is 1.36 bits per heavy atom. The maximum absolute atomic E-state index is 12.7. The molecule has 2 rings (SSSR count). The summed E-state index contributed by atoms with van der Waals surface area (Å²) in [5, 5.41) is 2.86. The fourth-order valence-electron chi connectivity index (χ4n) is 2.24. The summed E-state index contributed by atoms with van der Waals surface area (Å²) >= 11 is 1.30. The second-order valence-corrected chi connectivity index (χ2v) is 6.02. The summed E-state index contributed by atoms with van der Waals surface area (Å²) in [6, 6.07) is 4.52. The smallest absolute Gasteiger partial charge is 0.390 e. The molecule has 0 spiro atoms. The highest BCUT2D eigenvalue weighted by Gasteiger charge is 2.30. The number of amides is 1. The lowest BCUT2D eigenvalue weighted by Crippen LogP contribution is -2.15. The van der Waals surface area contributed by atoms with Crippen molar-refractivity contribution >= 4 is 27.9 Å². The van der Waals surface area contributed by atoms with Gasteiger partial charge in [-0.05, 0) is 37.1 Å². The number of carbonyl (C=O) groups excluding carboxylic acids is 1. The molecule has 118 valence electrons. The Morgan fingerprint density at radius 2 is 2.05 bits per heavy atom. The van der Waals surface area contributed by atoms with Crippen LogP contribution in [0.15, 0.2) is 24.3 Å². The fourth-order valence-corrected chi connectivity index (χ4v) is 3.26. The van der Waals surface area contributed by atoms with E-state index in [-0.39, 0.29) is 5.69 Å². The van der Waals surface area contributed by atoms with Crippen LogP contribution in [0.3, 0.4) is 0 Å². The Balaban J connectivity index is 2.30. The molecule has 1 aromatic carbocycles. The molecule has 7 heteroatoms. The van der Waals surface area contributed by atoms with E-state index in [2.05, 4.69) is 5.32 Å². The fraction of sp³-hybridized carbons (Fsp3) is 0.267. The van der Waals surface area contributed by atoms with E-state index in [1.807, 2.05) is 13.8 Å². The number of thiophene rings is 1. The number of hydrogen-bond donors (Lipinski definition) is 2. The van der Waals surface area contributed by atoms with Gasteiger partial charge in [-0.1, -0.05) is 13.0 Å². The van der Waals surface area contributed by atoms with Gasteiger partial charge >= 0.3 is 6.18 Å². The largest absolute Gasteiger partial charge is 0.416 e. The standard InChI is InChI=1S/C15H15F3N2OS/c1-3-11-8(2)22-13(19)12(11)14(21)20-10-6-4-5-9(7-10)15(16,17)18/h4-7H,3,19H2,1-2H3,(H,20,21). The number of halogens is 3. The Labute approximate surface area is 130 Å². The number of benzene rings is 1. The first-order valence-electron chi connectivity index (χ1n) is 6.60. The Bertz CT molecular complexity index is 707. The minimum atomic E-state index is -4.45. The van der Waals surface area contributed by atoms with Crippen molar-refractivity contribution in [3.8, 4) is 0 Å². The lowest BCUT2D eigenvalue weighted by Gasteiger charge is -2.10. The van der Waals surface area contributed by atoms with Gasteiger partial charge in [0.05, 0.1) is 16.1 Å². The molecular formula is C15H15F3N2OS. The van der Waals surface area contributed by atoms with Crippen LogP contribution in [0.4, 0.5) is 23.9 Å². The summed E-state index contributed by atoms with van der Waals surface area (Å²) < 4.78 is 38.1. The van der Waals surface area contributed by atoms with Crippen LogP contribution in [0.25, 0.3) is 0 Å². The molecule has 0 radical (unpaired) electrons. The monoisotopic (exact) mass is 328 g/mol. The summed E-state index contributed by atoms with van der Waals surface area (Å²) in [5.41, 5.74) is 6.30. The van der Waals surface area contributed by atoms with E-state index in [4.69, 9.17) is 5.73 Å². The third kappa shape index (κ3) is 3.24. The minimum Gasteiger partial charge on any atom is -0.390 e. The molecule has 0 unspecified atom stereocenters. The Morgan fingerprint density at radius 3 is 2.64 bits per heavy atom. The highest BCUT2D eigenvalue weighted by molar-refractivity contribution is 7.16. The van der Waals surface area contributed by atoms with Crippen LogP contribution < -0.4 is 11.1 Å². The van der Waals surface area contributed by atoms with Gasteiger partial charge in [0.2, 0.25) is 0 Å². The van der Waals surface area contributed by atoms with Crippen LogP contribution in [0.5, 0.6) is 0 Å². The van der Waals surface area contributed by atoms with Gasteiger partial charge in [-0.3, -0.25) is 4.79 Å². The van der Waals surface area contributed by atoms with Crippen molar-refractivity contribution in [1.29, 1.82) is 0 Å². The second-order valence-electron chi connectivity index (χ2n) is 4.76.